The summed E-state index contributed by atoms with van der Waals surface area (Å²) in [7, 11) is 0. The maximum atomic E-state index is 13.2. The summed E-state index contributed by atoms with van der Waals surface area (Å²) in [5.41, 5.74) is 5.63. The summed E-state index contributed by atoms with van der Waals surface area (Å²) >= 11 is 0. The normalized spacial score (nSPS) is 16.9. The van der Waals surface area contributed by atoms with Crippen molar-refractivity contribution < 1.29 is 18.7 Å². The Hall–Kier alpha value is -2.74. The number of rotatable bonds is 11. The first-order valence-corrected chi connectivity index (χ1v) is 13.4. The first-order chi connectivity index (χ1) is 17.5. The summed E-state index contributed by atoms with van der Waals surface area (Å²) in [4.78, 5) is 24.4. The van der Waals surface area contributed by atoms with E-state index in [-0.39, 0.29) is 18.5 Å². The maximum Gasteiger partial charge on any atom is 0.310 e. The molecule has 1 saturated heterocycles. The SMILES string of the molecule is Cc1ncc(-c2ccc(NCCO[C@@H](C)C(C)F)cn2)c(N2CCC(C)(C)CC2)c1CC(=O)OC(C)C. The van der Waals surface area contributed by atoms with Gasteiger partial charge in [-0.15, -0.1) is 0 Å². The zero-order valence-electron chi connectivity index (χ0n) is 23.4. The average molecular weight is 515 g/mol. The average Bonchev–Trinajstić information content (AvgIpc) is 2.83. The minimum atomic E-state index is -0.999. The molecule has 37 heavy (non-hydrogen) atoms. The van der Waals surface area contributed by atoms with Crippen LogP contribution in [0.15, 0.2) is 24.5 Å². The summed E-state index contributed by atoms with van der Waals surface area (Å²) in [6.07, 6.45) is 4.37. The van der Waals surface area contributed by atoms with Crippen molar-refractivity contribution in [3.05, 3.63) is 35.8 Å². The van der Waals surface area contributed by atoms with Crippen molar-refractivity contribution in [1.82, 2.24) is 9.97 Å². The third-order valence-corrected chi connectivity index (χ3v) is 6.98. The lowest BCUT2D eigenvalue weighted by atomic mass is 9.82. The highest BCUT2D eigenvalue weighted by Crippen LogP contribution is 2.39. The van der Waals surface area contributed by atoms with Crippen LogP contribution in [0.4, 0.5) is 15.8 Å². The number of nitrogens with zero attached hydrogens (tertiary/aromatic N) is 3. The van der Waals surface area contributed by atoms with E-state index in [4.69, 9.17) is 14.5 Å². The lowest BCUT2D eigenvalue weighted by Gasteiger charge is -2.40. The van der Waals surface area contributed by atoms with Gasteiger partial charge in [-0.05, 0) is 65.0 Å². The van der Waals surface area contributed by atoms with Crippen molar-refractivity contribution in [1.29, 1.82) is 0 Å². The number of carbonyl (C=O) groups is 1. The largest absolute Gasteiger partial charge is 0.463 e. The number of ether oxygens (including phenoxy) is 2. The Morgan fingerprint density at radius 3 is 2.43 bits per heavy atom. The van der Waals surface area contributed by atoms with Crippen molar-refractivity contribution in [3.8, 4) is 11.3 Å². The Morgan fingerprint density at radius 1 is 1.14 bits per heavy atom. The predicted octanol–water partition coefficient (Wildman–Crippen LogP) is 5.75. The van der Waals surface area contributed by atoms with Crippen molar-refractivity contribution in [2.24, 2.45) is 5.41 Å². The molecule has 2 aromatic rings. The van der Waals surface area contributed by atoms with Crippen LogP contribution in [0.25, 0.3) is 11.3 Å². The summed E-state index contributed by atoms with van der Waals surface area (Å²) in [5.74, 6) is -0.248. The van der Waals surface area contributed by atoms with E-state index in [1.807, 2.05) is 39.1 Å². The van der Waals surface area contributed by atoms with Gasteiger partial charge in [-0.3, -0.25) is 14.8 Å². The molecule has 0 amide bonds. The molecule has 0 saturated carbocycles. The zero-order chi connectivity index (χ0) is 27.2. The molecule has 1 aliphatic heterocycles. The molecule has 2 atom stereocenters. The molecule has 7 nitrogen and oxygen atoms in total. The Kier molecular flexibility index (Phi) is 9.87. The van der Waals surface area contributed by atoms with E-state index in [1.165, 1.54) is 6.92 Å². The molecule has 8 heteroatoms. The van der Waals surface area contributed by atoms with E-state index in [1.54, 1.807) is 13.1 Å². The summed E-state index contributed by atoms with van der Waals surface area (Å²) in [6, 6.07) is 3.94. The first-order valence-electron chi connectivity index (χ1n) is 13.4. The van der Waals surface area contributed by atoms with Gasteiger partial charge in [-0.1, -0.05) is 13.8 Å². The lowest BCUT2D eigenvalue weighted by Crippen LogP contribution is -2.38. The zero-order valence-corrected chi connectivity index (χ0v) is 23.4. The molecule has 1 aliphatic rings. The molecule has 3 heterocycles. The molecular weight excluding hydrogens is 471 g/mol. The predicted molar refractivity (Wildman–Crippen MR) is 147 cm³/mol. The number of esters is 1. The molecule has 3 rings (SSSR count). The van der Waals surface area contributed by atoms with Gasteiger partial charge in [0.2, 0.25) is 0 Å². The molecule has 0 aliphatic carbocycles. The van der Waals surface area contributed by atoms with Gasteiger partial charge in [0, 0.05) is 42.7 Å². The smallest absolute Gasteiger partial charge is 0.310 e. The Balaban J connectivity index is 1.85. The van der Waals surface area contributed by atoms with Gasteiger partial charge >= 0.3 is 5.97 Å². The molecule has 0 radical (unpaired) electrons. The Morgan fingerprint density at radius 2 is 1.84 bits per heavy atom. The molecule has 204 valence electrons. The molecule has 1 unspecified atom stereocenters. The number of alkyl halides is 1. The lowest BCUT2D eigenvalue weighted by molar-refractivity contribution is -0.146. The van der Waals surface area contributed by atoms with Crippen LogP contribution in [-0.4, -0.2) is 60.6 Å². The summed E-state index contributed by atoms with van der Waals surface area (Å²) in [6.45, 7) is 16.3. The van der Waals surface area contributed by atoms with E-state index >= 15 is 0 Å². The number of aryl methyl sites for hydroxylation is 1. The molecule has 1 fully saturated rings. The van der Waals surface area contributed by atoms with Gasteiger partial charge < -0.3 is 19.7 Å². The van der Waals surface area contributed by atoms with E-state index in [2.05, 4.69) is 29.0 Å². The third kappa shape index (κ3) is 8.12. The van der Waals surface area contributed by atoms with Crippen LogP contribution in [0, 0.1) is 12.3 Å². The van der Waals surface area contributed by atoms with Gasteiger partial charge in [0.05, 0.1) is 48.5 Å². The number of hydrogen-bond donors (Lipinski definition) is 1. The van der Waals surface area contributed by atoms with Gasteiger partial charge in [0.25, 0.3) is 0 Å². The fourth-order valence-corrected chi connectivity index (χ4v) is 4.41. The molecular formula is C29H43FN4O3. The van der Waals surface area contributed by atoms with Crippen molar-refractivity contribution >= 4 is 17.3 Å². The van der Waals surface area contributed by atoms with Crippen LogP contribution in [0.2, 0.25) is 0 Å². The Labute approximate surface area is 221 Å². The fourth-order valence-electron chi connectivity index (χ4n) is 4.41. The Bertz CT molecular complexity index is 1030. The van der Waals surface area contributed by atoms with Crippen LogP contribution in [-0.2, 0) is 20.7 Å². The molecule has 2 aromatic heterocycles. The highest BCUT2D eigenvalue weighted by molar-refractivity contribution is 5.84. The highest BCUT2D eigenvalue weighted by Gasteiger charge is 2.30. The minimum Gasteiger partial charge on any atom is -0.463 e. The molecule has 0 spiro atoms. The molecule has 1 N–H and O–H groups in total. The van der Waals surface area contributed by atoms with Gasteiger partial charge in [0.1, 0.15) is 6.17 Å². The van der Waals surface area contributed by atoms with Crippen molar-refractivity contribution in [2.75, 3.05) is 36.5 Å². The van der Waals surface area contributed by atoms with Crippen LogP contribution in [0.3, 0.4) is 0 Å². The monoisotopic (exact) mass is 514 g/mol. The van der Waals surface area contributed by atoms with E-state index < -0.39 is 12.3 Å². The van der Waals surface area contributed by atoms with Crippen LogP contribution in [0.5, 0.6) is 0 Å². The third-order valence-electron chi connectivity index (χ3n) is 6.98. The number of piperidine rings is 1. The van der Waals surface area contributed by atoms with Gasteiger partial charge in [-0.2, -0.15) is 0 Å². The van der Waals surface area contributed by atoms with Gasteiger partial charge in [-0.25, -0.2) is 4.39 Å². The van der Waals surface area contributed by atoms with E-state index in [0.717, 1.165) is 59.8 Å². The number of halogens is 1. The number of aromatic nitrogens is 2. The quantitative estimate of drug-likeness (QED) is 0.302. The minimum absolute atomic E-state index is 0.168. The van der Waals surface area contributed by atoms with Gasteiger partial charge in [0.15, 0.2) is 0 Å². The second-order valence-electron chi connectivity index (χ2n) is 11.1. The number of carbonyl (C=O) groups excluding carboxylic acids is 1. The van der Waals surface area contributed by atoms with Crippen LogP contribution in [0.1, 0.15) is 65.6 Å². The molecule has 0 bridgehead atoms. The standard InChI is InChI=1S/C29H43FN4O3/c1-19(2)37-27(35)16-24-21(4)32-18-25(28(24)34-13-10-29(6,7)11-14-34)26-9-8-23(17-33-26)31-12-15-36-22(5)20(3)30/h8-9,17-20,22,31H,10-16H2,1-7H3/t20?,22-/m0/s1. The van der Waals surface area contributed by atoms with Crippen molar-refractivity contribution in [3.63, 3.8) is 0 Å². The topological polar surface area (TPSA) is 76.6 Å². The molecule has 0 aromatic carbocycles. The van der Waals surface area contributed by atoms with Crippen molar-refractivity contribution in [2.45, 2.75) is 86.1 Å². The fraction of sp³-hybridized carbons (Fsp3) is 0.621. The number of nitrogens with one attached hydrogen (secondary N) is 1. The van der Waals surface area contributed by atoms with E-state index in [0.29, 0.717) is 18.6 Å². The first kappa shape index (κ1) is 28.8. The van der Waals surface area contributed by atoms with E-state index in [9.17, 15) is 9.18 Å². The van der Waals surface area contributed by atoms with Crippen LogP contribution >= 0.6 is 0 Å². The maximum absolute atomic E-state index is 13.2. The highest BCUT2D eigenvalue weighted by atomic mass is 19.1. The number of anilines is 2. The second-order valence-corrected chi connectivity index (χ2v) is 11.1. The number of pyridine rings is 2. The summed E-state index contributed by atoms with van der Waals surface area (Å²) in [5, 5.41) is 3.27. The summed E-state index contributed by atoms with van der Waals surface area (Å²) < 4.78 is 24.2. The second kappa shape index (κ2) is 12.7. The number of hydrogen-bond acceptors (Lipinski definition) is 7. The van der Waals surface area contributed by atoms with Crippen LogP contribution < -0.4 is 10.2 Å².